The molecule has 0 spiro atoms. The van der Waals surface area contributed by atoms with E-state index in [1.54, 1.807) is 0 Å². The van der Waals surface area contributed by atoms with Crippen LogP contribution in [-0.2, 0) is 6.42 Å². The summed E-state index contributed by atoms with van der Waals surface area (Å²) in [4.78, 5) is 0. The molecule has 1 heterocycles. The van der Waals surface area contributed by atoms with E-state index in [0.717, 1.165) is 18.5 Å². The number of hydrogen-bond acceptors (Lipinski definition) is 1. The van der Waals surface area contributed by atoms with Crippen molar-refractivity contribution >= 4 is 0 Å². The SMILES string of the molecule is N#CC1CCc2cccc(-n3cccc3)c21. The van der Waals surface area contributed by atoms with E-state index in [2.05, 4.69) is 28.8 Å². The van der Waals surface area contributed by atoms with Crippen molar-refractivity contribution in [1.29, 1.82) is 5.26 Å². The van der Waals surface area contributed by atoms with Gasteiger partial charge >= 0.3 is 0 Å². The Morgan fingerprint density at radius 3 is 2.75 bits per heavy atom. The minimum atomic E-state index is 0.0635. The van der Waals surface area contributed by atoms with Crippen LogP contribution in [0.1, 0.15) is 23.5 Å². The largest absolute Gasteiger partial charge is 0.324 e. The second-order valence-electron chi connectivity index (χ2n) is 4.16. The van der Waals surface area contributed by atoms with Crippen LogP contribution in [0.25, 0.3) is 5.69 Å². The third kappa shape index (κ3) is 1.25. The van der Waals surface area contributed by atoms with E-state index in [-0.39, 0.29) is 5.92 Å². The highest BCUT2D eigenvalue weighted by atomic mass is 14.9. The molecule has 2 heteroatoms. The first-order valence-electron chi connectivity index (χ1n) is 5.55. The van der Waals surface area contributed by atoms with Crippen LogP contribution in [0.15, 0.2) is 42.7 Å². The Labute approximate surface area is 94.8 Å². The Balaban J connectivity index is 2.21. The Morgan fingerprint density at radius 2 is 2.00 bits per heavy atom. The number of fused-ring (bicyclic) bond motifs is 1. The van der Waals surface area contributed by atoms with Gasteiger partial charge in [0.05, 0.1) is 12.0 Å². The summed E-state index contributed by atoms with van der Waals surface area (Å²) in [5, 5.41) is 9.18. The van der Waals surface area contributed by atoms with Gasteiger partial charge in [-0.05, 0) is 42.2 Å². The van der Waals surface area contributed by atoms with Crippen molar-refractivity contribution in [1.82, 2.24) is 4.57 Å². The molecule has 0 N–H and O–H groups in total. The average Bonchev–Trinajstić information content (AvgIpc) is 2.97. The highest BCUT2D eigenvalue weighted by Gasteiger charge is 2.25. The second kappa shape index (κ2) is 3.53. The van der Waals surface area contributed by atoms with Crippen LogP contribution in [-0.4, -0.2) is 4.57 Å². The van der Waals surface area contributed by atoms with Crippen molar-refractivity contribution in [2.45, 2.75) is 18.8 Å². The van der Waals surface area contributed by atoms with Gasteiger partial charge in [0.25, 0.3) is 0 Å². The first-order valence-corrected chi connectivity index (χ1v) is 5.55. The zero-order valence-corrected chi connectivity index (χ0v) is 8.93. The van der Waals surface area contributed by atoms with Crippen molar-refractivity contribution in [3.63, 3.8) is 0 Å². The van der Waals surface area contributed by atoms with Gasteiger partial charge in [0.15, 0.2) is 0 Å². The summed E-state index contributed by atoms with van der Waals surface area (Å²) in [6, 6.07) is 12.7. The van der Waals surface area contributed by atoms with E-state index >= 15 is 0 Å². The molecule has 0 saturated carbocycles. The lowest BCUT2D eigenvalue weighted by Crippen LogP contribution is -1.99. The van der Waals surface area contributed by atoms with Crippen molar-refractivity contribution in [3.05, 3.63) is 53.9 Å². The molecule has 1 unspecified atom stereocenters. The van der Waals surface area contributed by atoms with Gasteiger partial charge in [0.1, 0.15) is 0 Å². The maximum Gasteiger partial charge on any atom is 0.0739 e. The highest BCUT2D eigenvalue weighted by molar-refractivity contribution is 5.53. The van der Waals surface area contributed by atoms with Crippen molar-refractivity contribution < 1.29 is 0 Å². The molecule has 0 bridgehead atoms. The molecule has 3 rings (SSSR count). The van der Waals surface area contributed by atoms with E-state index in [9.17, 15) is 5.26 Å². The van der Waals surface area contributed by atoms with Crippen LogP contribution in [0.3, 0.4) is 0 Å². The molecule has 0 saturated heterocycles. The average molecular weight is 208 g/mol. The predicted molar refractivity (Wildman–Crippen MR) is 62.4 cm³/mol. The predicted octanol–water partition coefficient (Wildman–Crippen LogP) is 3.03. The van der Waals surface area contributed by atoms with E-state index < -0.39 is 0 Å². The maximum atomic E-state index is 9.18. The van der Waals surface area contributed by atoms with Gasteiger partial charge < -0.3 is 4.57 Å². The monoisotopic (exact) mass is 208 g/mol. The third-order valence-corrected chi connectivity index (χ3v) is 3.26. The summed E-state index contributed by atoms with van der Waals surface area (Å²) >= 11 is 0. The lowest BCUT2D eigenvalue weighted by Gasteiger charge is -2.11. The van der Waals surface area contributed by atoms with Crippen LogP contribution in [0.5, 0.6) is 0 Å². The van der Waals surface area contributed by atoms with Crippen LogP contribution in [0.2, 0.25) is 0 Å². The molecule has 0 radical (unpaired) electrons. The topological polar surface area (TPSA) is 28.7 Å². The first-order chi connectivity index (χ1) is 7.90. The lowest BCUT2D eigenvalue weighted by atomic mass is 10.0. The van der Waals surface area contributed by atoms with Gasteiger partial charge in [-0.15, -0.1) is 0 Å². The lowest BCUT2D eigenvalue weighted by molar-refractivity contribution is 0.820. The molecule has 0 fully saturated rings. The molecule has 1 aliphatic rings. The smallest absolute Gasteiger partial charge is 0.0739 e. The molecule has 78 valence electrons. The second-order valence-corrected chi connectivity index (χ2v) is 4.16. The summed E-state index contributed by atoms with van der Waals surface area (Å²) in [5.74, 6) is 0.0635. The van der Waals surface area contributed by atoms with Crippen LogP contribution in [0, 0.1) is 11.3 Å². The number of benzene rings is 1. The van der Waals surface area contributed by atoms with Gasteiger partial charge in [-0.3, -0.25) is 0 Å². The maximum absolute atomic E-state index is 9.18. The zero-order valence-electron chi connectivity index (χ0n) is 8.93. The molecule has 2 aromatic rings. The third-order valence-electron chi connectivity index (χ3n) is 3.26. The summed E-state index contributed by atoms with van der Waals surface area (Å²) in [5.41, 5.74) is 3.71. The fourth-order valence-electron chi connectivity index (χ4n) is 2.51. The highest BCUT2D eigenvalue weighted by Crippen LogP contribution is 2.36. The Hall–Kier alpha value is -2.01. The van der Waals surface area contributed by atoms with Crippen LogP contribution >= 0.6 is 0 Å². The number of nitrogens with zero attached hydrogens (tertiary/aromatic N) is 2. The summed E-state index contributed by atoms with van der Waals surface area (Å²) in [6.45, 7) is 0. The molecule has 1 atom stereocenters. The minimum Gasteiger partial charge on any atom is -0.324 e. The molecular formula is C14H12N2. The fourth-order valence-corrected chi connectivity index (χ4v) is 2.51. The van der Waals surface area contributed by atoms with Crippen molar-refractivity contribution in [3.8, 4) is 11.8 Å². The van der Waals surface area contributed by atoms with Gasteiger partial charge in [-0.1, -0.05) is 12.1 Å². The van der Waals surface area contributed by atoms with Gasteiger partial charge in [-0.2, -0.15) is 5.26 Å². The Morgan fingerprint density at radius 1 is 1.19 bits per heavy atom. The summed E-state index contributed by atoms with van der Waals surface area (Å²) in [6.07, 6.45) is 6.05. The molecule has 0 aliphatic heterocycles. The Bertz CT molecular complexity index is 547. The standard InChI is InChI=1S/C14H12N2/c15-10-12-7-6-11-4-3-5-13(14(11)12)16-8-1-2-9-16/h1-5,8-9,12H,6-7H2. The quantitative estimate of drug-likeness (QED) is 0.708. The normalized spacial score (nSPS) is 18.1. The van der Waals surface area contributed by atoms with E-state index in [1.807, 2.05) is 24.5 Å². The van der Waals surface area contributed by atoms with Gasteiger partial charge in [0, 0.05) is 18.1 Å². The van der Waals surface area contributed by atoms with Crippen molar-refractivity contribution in [2.75, 3.05) is 0 Å². The zero-order chi connectivity index (χ0) is 11.0. The summed E-state index contributed by atoms with van der Waals surface area (Å²) in [7, 11) is 0. The van der Waals surface area contributed by atoms with Crippen LogP contribution < -0.4 is 0 Å². The van der Waals surface area contributed by atoms with Gasteiger partial charge in [0.2, 0.25) is 0 Å². The minimum absolute atomic E-state index is 0.0635. The van der Waals surface area contributed by atoms with Crippen molar-refractivity contribution in [2.24, 2.45) is 0 Å². The molecule has 2 nitrogen and oxygen atoms in total. The molecule has 0 amide bonds. The molecule has 16 heavy (non-hydrogen) atoms. The molecule has 1 aliphatic carbocycles. The first kappa shape index (κ1) is 9.23. The van der Waals surface area contributed by atoms with E-state index in [0.29, 0.717) is 0 Å². The van der Waals surface area contributed by atoms with Crippen LogP contribution in [0.4, 0.5) is 0 Å². The molecular weight excluding hydrogens is 196 g/mol. The van der Waals surface area contributed by atoms with E-state index in [4.69, 9.17) is 0 Å². The number of nitriles is 1. The Kier molecular flexibility index (Phi) is 2.04. The fraction of sp³-hybridized carbons (Fsp3) is 0.214. The van der Waals surface area contributed by atoms with Gasteiger partial charge in [-0.25, -0.2) is 0 Å². The number of rotatable bonds is 1. The number of hydrogen-bond donors (Lipinski definition) is 0. The van der Waals surface area contributed by atoms with E-state index in [1.165, 1.54) is 11.1 Å². The summed E-state index contributed by atoms with van der Waals surface area (Å²) < 4.78 is 2.09. The number of aryl methyl sites for hydroxylation is 1. The number of aromatic nitrogens is 1. The molecule has 1 aromatic heterocycles. The molecule has 1 aromatic carbocycles.